The van der Waals surface area contributed by atoms with Crippen LogP contribution < -0.4 is 15.8 Å². The maximum atomic E-state index is 11.5. The highest BCUT2D eigenvalue weighted by Crippen LogP contribution is 2.26. The maximum Gasteiger partial charge on any atom is 0.269 e. The molecule has 1 heterocycles. The summed E-state index contributed by atoms with van der Waals surface area (Å²) in [6.07, 6.45) is 8.43. The van der Waals surface area contributed by atoms with Gasteiger partial charge in [0, 0.05) is 19.3 Å². The zero-order valence-electron chi connectivity index (χ0n) is 12.0. The van der Waals surface area contributed by atoms with E-state index in [0.29, 0.717) is 18.1 Å². The highest BCUT2D eigenvalue weighted by atomic mass is 16.5. The van der Waals surface area contributed by atoms with E-state index in [9.17, 15) is 4.79 Å². The average molecular weight is 277 g/mol. The molecule has 0 unspecified atom stereocenters. The number of hydrogen-bond donors (Lipinski definition) is 2. The van der Waals surface area contributed by atoms with Gasteiger partial charge in [0.05, 0.1) is 5.54 Å². The van der Waals surface area contributed by atoms with Gasteiger partial charge in [0.2, 0.25) is 0 Å². The molecule has 0 radical (unpaired) electrons. The van der Waals surface area contributed by atoms with Gasteiger partial charge in [-0.1, -0.05) is 25.7 Å². The summed E-state index contributed by atoms with van der Waals surface area (Å²) in [5.74, 6) is 0.431. The van der Waals surface area contributed by atoms with Crippen LogP contribution in [0.1, 0.15) is 49.0 Å². The van der Waals surface area contributed by atoms with Gasteiger partial charge in [-0.3, -0.25) is 9.78 Å². The quantitative estimate of drug-likeness (QED) is 0.824. The Kier molecular flexibility index (Phi) is 4.95. The maximum absolute atomic E-state index is 11.5. The van der Waals surface area contributed by atoms with Gasteiger partial charge >= 0.3 is 0 Å². The molecule has 0 atom stereocenters. The SMILES string of the molecule is CNC(=O)c1cc(OCC2(N)CCCCCC2)ccn1. The van der Waals surface area contributed by atoms with Gasteiger partial charge in [0.25, 0.3) is 5.91 Å². The molecular formula is C15H23N3O2. The van der Waals surface area contributed by atoms with Gasteiger partial charge in [-0.05, 0) is 18.9 Å². The molecule has 5 nitrogen and oxygen atoms in total. The van der Waals surface area contributed by atoms with Crippen molar-refractivity contribution in [3.05, 3.63) is 24.0 Å². The van der Waals surface area contributed by atoms with Crippen molar-refractivity contribution in [1.82, 2.24) is 10.3 Å². The molecule has 1 aromatic heterocycles. The van der Waals surface area contributed by atoms with Crippen LogP contribution in [0.3, 0.4) is 0 Å². The Morgan fingerprint density at radius 2 is 2.10 bits per heavy atom. The topological polar surface area (TPSA) is 77.2 Å². The van der Waals surface area contributed by atoms with Gasteiger partial charge in [0.1, 0.15) is 18.1 Å². The summed E-state index contributed by atoms with van der Waals surface area (Å²) in [6.45, 7) is 0.490. The Morgan fingerprint density at radius 3 is 2.75 bits per heavy atom. The van der Waals surface area contributed by atoms with Crippen LogP contribution in [0.25, 0.3) is 0 Å². The van der Waals surface area contributed by atoms with Crippen molar-refractivity contribution < 1.29 is 9.53 Å². The number of nitrogens with two attached hydrogens (primary N) is 1. The Labute approximate surface area is 119 Å². The minimum absolute atomic E-state index is 0.215. The number of hydrogen-bond acceptors (Lipinski definition) is 4. The fraction of sp³-hybridized carbons (Fsp3) is 0.600. The highest BCUT2D eigenvalue weighted by Gasteiger charge is 2.27. The molecule has 1 aliphatic carbocycles. The Hall–Kier alpha value is -1.62. The lowest BCUT2D eigenvalue weighted by Crippen LogP contribution is -2.45. The summed E-state index contributed by atoms with van der Waals surface area (Å²) in [4.78, 5) is 15.5. The summed E-state index contributed by atoms with van der Waals surface area (Å²) in [7, 11) is 1.58. The molecule has 1 aromatic rings. The molecular weight excluding hydrogens is 254 g/mol. The summed E-state index contributed by atoms with van der Waals surface area (Å²) in [5, 5.41) is 2.55. The standard InChI is InChI=1S/C15H23N3O2/c1-17-14(19)13-10-12(6-9-18-13)20-11-15(16)7-4-2-3-5-8-15/h6,9-10H,2-5,7-8,11,16H2,1H3,(H,17,19). The first-order valence-corrected chi connectivity index (χ1v) is 7.23. The molecule has 0 aliphatic heterocycles. The molecule has 3 N–H and O–H groups in total. The van der Waals surface area contributed by atoms with Crippen LogP contribution in [-0.2, 0) is 0 Å². The third-order valence-corrected chi connectivity index (χ3v) is 3.82. The second kappa shape index (κ2) is 6.70. The minimum atomic E-state index is -0.243. The number of pyridine rings is 1. The predicted molar refractivity (Wildman–Crippen MR) is 77.7 cm³/mol. The van der Waals surface area contributed by atoms with Crippen molar-refractivity contribution in [3.8, 4) is 5.75 Å². The molecule has 5 heteroatoms. The lowest BCUT2D eigenvalue weighted by Gasteiger charge is -2.27. The molecule has 1 aliphatic rings. The number of carbonyl (C=O) groups is 1. The number of aromatic nitrogens is 1. The fourth-order valence-corrected chi connectivity index (χ4v) is 2.56. The van der Waals surface area contributed by atoms with Crippen LogP contribution in [0.5, 0.6) is 5.75 Å². The van der Waals surface area contributed by atoms with Gasteiger partial charge in [-0.15, -0.1) is 0 Å². The minimum Gasteiger partial charge on any atom is -0.492 e. The van der Waals surface area contributed by atoms with Crippen LogP contribution >= 0.6 is 0 Å². The molecule has 0 bridgehead atoms. The fourth-order valence-electron chi connectivity index (χ4n) is 2.56. The van der Waals surface area contributed by atoms with E-state index >= 15 is 0 Å². The summed E-state index contributed by atoms with van der Waals surface area (Å²) in [5.41, 5.74) is 6.53. The Morgan fingerprint density at radius 1 is 1.40 bits per heavy atom. The van der Waals surface area contributed by atoms with Gasteiger partial charge in [-0.2, -0.15) is 0 Å². The molecule has 0 spiro atoms. The van der Waals surface area contributed by atoms with Crippen molar-refractivity contribution in [3.63, 3.8) is 0 Å². The van der Waals surface area contributed by atoms with E-state index in [1.807, 2.05) is 0 Å². The van der Waals surface area contributed by atoms with E-state index in [1.165, 1.54) is 25.7 Å². The van der Waals surface area contributed by atoms with Gasteiger partial charge in [0.15, 0.2) is 0 Å². The zero-order chi connectivity index (χ0) is 14.4. The first-order chi connectivity index (χ1) is 9.63. The van der Waals surface area contributed by atoms with Crippen LogP contribution in [0, 0.1) is 0 Å². The average Bonchev–Trinajstić information content (AvgIpc) is 2.70. The van der Waals surface area contributed by atoms with Gasteiger partial charge < -0.3 is 15.8 Å². The zero-order valence-corrected chi connectivity index (χ0v) is 12.0. The van der Waals surface area contributed by atoms with Crippen molar-refractivity contribution in [2.75, 3.05) is 13.7 Å². The molecule has 2 rings (SSSR count). The van der Waals surface area contributed by atoms with E-state index < -0.39 is 0 Å². The highest BCUT2D eigenvalue weighted by molar-refractivity contribution is 5.92. The van der Waals surface area contributed by atoms with Crippen LogP contribution in [0.4, 0.5) is 0 Å². The Bertz CT molecular complexity index is 454. The molecule has 0 aromatic carbocycles. The van der Waals surface area contributed by atoms with Crippen molar-refractivity contribution in [2.45, 2.75) is 44.1 Å². The summed E-state index contributed by atoms with van der Waals surface area (Å²) >= 11 is 0. The van der Waals surface area contributed by atoms with Crippen LogP contribution in [0.15, 0.2) is 18.3 Å². The summed E-state index contributed by atoms with van der Waals surface area (Å²) in [6, 6.07) is 3.41. The second-order valence-electron chi connectivity index (χ2n) is 5.52. The van der Waals surface area contributed by atoms with Crippen molar-refractivity contribution in [1.29, 1.82) is 0 Å². The number of carbonyl (C=O) groups excluding carboxylic acids is 1. The third-order valence-electron chi connectivity index (χ3n) is 3.82. The van der Waals surface area contributed by atoms with Crippen LogP contribution in [0.2, 0.25) is 0 Å². The van der Waals surface area contributed by atoms with Crippen LogP contribution in [-0.4, -0.2) is 30.1 Å². The monoisotopic (exact) mass is 277 g/mol. The molecule has 0 saturated heterocycles. The number of nitrogens with one attached hydrogen (secondary N) is 1. The molecule has 20 heavy (non-hydrogen) atoms. The van der Waals surface area contributed by atoms with E-state index in [-0.39, 0.29) is 11.4 Å². The number of ether oxygens (including phenoxy) is 1. The lowest BCUT2D eigenvalue weighted by atomic mass is 9.92. The molecule has 1 fully saturated rings. The van der Waals surface area contributed by atoms with E-state index in [2.05, 4.69) is 10.3 Å². The van der Waals surface area contributed by atoms with Crippen molar-refractivity contribution >= 4 is 5.91 Å². The normalized spacial score (nSPS) is 18.1. The summed E-state index contributed by atoms with van der Waals surface area (Å²) < 4.78 is 5.79. The third kappa shape index (κ3) is 3.93. The smallest absolute Gasteiger partial charge is 0.269 e. The van der Waals surface area contributed by atoms with E-state index in [1.54, 1.807) is 25.4 Å². The van der Waals surface area contributed by atoms with Crippen molar-refractivity contribution in [2.24, 2.45) is 5.73 Å². The predicted octanol–water partition coefficient (Wildman–Crippen LogP) is 1.87. The lowest BCUT2D eigenvalue weighted by molar-refractivity contribution is 0.0957. The van der Waals surface area contributed by atoms with Gasteiger partial charge in [-0.25, -0.2) is 0 Å². The molecule has 110 valence electrons. The first kappa shape index (κ1) is 14.8. The number of rotatable bonds is 4. The second-order valence-corrected chi connectivity index (χ2v) is 5.52. The van der Waals surface area contributed by atoms with E-state index in [4.69, 9.17) is 10.5 Å². The number of nitrogens with zero attached hydrogens (tertiary/aromatic N) is 1. The number of amides is 1. The first-order valence-electron chi connectivity index (χ1n) is 7.23. The molecule has 1 saturated carbocycles. The molecule has 1 amide bonds. The Balaban J connectivity index is 1.97. The van der Waals surface area contributed by atoms with E-state index in [0.717, 1.165) is 12.8 Å². The largest absolute Gasteiger partial charge is 0.492 e.